The highest BCUT2D eigenvalue weighted by Crippen LogP contribution is 2.17. The van der Waals surface area contributed by atoms with Gasteiger partial charge in [0.15, 0.2) is 0 Å². The quantitative estimate of drug-likeness (QED) is 0.794. The Morgan fingerprint density at radius 1 is 1.53 bits per heavy atom. The van der Waals surface area contributed by atoms with Crippen molar-refractivity contribution in [1.29, 1.82) is 0 Å². The van der Waals surface area contributed by atoms with Crippen LogP contribution in [0.25, 0.3) is 6.08 Å². The number of carboxylic acid groups (broad SMARTS) is 1. The van der Waals surface area contributed by atoms with E-state index in [9.17, 15) is 9.59 Å². The molecule has 0 saturated heterocycles. The van der Waals surface area contributed by atoms with E-state index in [1.54, 1.807) is 18.5 Å². The fraction of sp³-hybridized carbons (Fsp3) is 0.100. The molecule has 2 rings (SSSR count). The number of hydrogen-bond donors (Lipinski definition) is 2. The van der Waals surface area contributed by atoms with Crippen LogP contribution < -0.4 is 5.32 Å². The molecule has 0 unspecified atom stereocenters. The molecule has 0 bridgehead atoms. The zero-order chi connectivity index (χ0) is 13.8. The third-order valence-corrected chi connectivity index (χ3v) is 2.90. The molecule has 0 aliphatic rings. The predicted molar refractivity (Wildman–Crippen MR) is 67.7 cm³/mol. The monoisotopic (exact) mass is 279 g/mol. The summed E-state index contributed by atoms with van der Waals surface area (Å²) in [4.78, 5) is 24.1. The second-order valence-corrected chi connectivity index (χ2v) is 4.41. The van der Waals surface area contributed by atoms with Crippen molar-refractivity contribution < 1.29 is 14.7 Å². The fourth-order valence-corrected chi connectivity index (χ4v) is 2.00. The van der Waals surface area contributed by atoms with Crippen LogP contribution in [-0.4, -0.2) is 37.2 Å². The molecule has 2 aromatic rings. The van der Waals surface area contributed by atoms with E-state index in [-0.39, 0.29) is 11.9 Å². The molecule has 8 nitrogen and oxygen atoms in total. The first-order valence-corrected chi connectivity index (χ1v) is 5.97. The molecule has 2 aromatic heterocycles. The second-order valence-electron chi connectivity index (χ2n) is 3.47. The van der Waals surface area contributed by atoms with E-state index >= 15 is 0 Å². The van der Waals surface area contributed by atoms with Crippen LogP contribution in [-0.2, 0) is 11.8 Å². The van der Waals surface area contributed by atoms with Gasteiger partial charge in [0, 0.05) is 16.3 Å². The Kier molecular flexibility index (Phi) is 3.66. The van der Waals surface area contributed by atoms with Crippen molar-refractivity contribution in [3.63, 3.8) is 0 Å². The third kappa shape index (κ3) is 3.45. The van der Waals surface area contributed by atoms with E-state index in [4.69, 9.17) is 5.11 Å². The molecular formula is C10H9N5O3S. The van der Waals surface area contributed by atoms with Gasteiger partial charge >= 0.3 is 5.97 Å². The molecule has 19 heavy (non-hydrogen) atoms. The predicted octanol–water partition coefficient (Wildman–Crippen LogP) is 0.622. The molecule has 9 heteroatoms. The van der Waals surface area contributed by atoms with Crippen LogP contribution in [0.3, 0.4) is 0 Å². The largest absolute Gasteiger partial charge is 0.478 e. The average Bonchev–Trinajstić information content (AvgIpc) is 2.95. The van der Waals surface area contributed by atoms with Crippen molar-refractivity contribution in [1.82, 2.24) is 20.2 Å². The minimum absolute atomic E-state index is 0.112. The summed E-state index contributed by atoms with van der Waals surface area (Å²) in [6.07, 6.45) is 2.43. The summed E-state index contributed by atoms with van der Waals surface area (Å²) < 4.78 is 0. The zero-order valence-electron chi connectivity index (χ0n) is 9.77. The number of tetrazole rings is 1. The van der Waals surface area contributed by atoms with Crippen LogP contribution in [0.2, 0.25) is 0 Å². The van der Waals surface area contributed by atoms with E-state index in [1.807, 2.05) is 0 Å². The van der Waals surface area contributed by atoms with E-state index in [0.717, 1.165) is 6.08 Å². The van der Waals surface area contributed by atoms with Gasteiger partial charge in [-0.3, -0.25) is 10.1 Å². The molecule has 2 heterocycles. The van der Waals surface area contributed by atoms with Crippen molar-refractivity contribution in [2.24, 2.45) is 7.05 Å². The summed E-state index contributed by atoms with van der Waals surface area (Å²) >= 11 is 1.26. The molecular weight excluding hydrogens is 270 g/mol. The zero-order valence-corrected chi connectivity index (χ0v) is 10.6. The molecule has 2 N–H and O–H groups in total. The number of anilines is 1. The lowest BCUT2D eigenvalue weighted by Gasteiger charge is -1.95. The number of rotatable bonds is 4. The molecule has 0 aliphatic heterocycles. The summed E-state index contributed by atoms with van der Waals surface area (Å²) in [5.41, 5.74) is 0.405. The molecule has 98 valence electrons. The highest BCUT2D eigenvalue weighted by Gasteiger charge is 2.10. The van der Waals surface area contributed by atoms with Crippen molar-refractivity contribution in [2.75, 3.05) is 5.32 Å². The Morgan fingerprint density at radius 2 is 2.32 bits per heavy atom. The van der Waals surface area contributed by atoms with Crippen LogP contribution in [0.5, 0.6) is 0 Å². The summed E-state index contributed by atoms with van der Waals surface area (Å²) in [6.45, 7) is 0. The first-order chi connectivity index (χ1) is 9.04. The van der Waals surface area contributed by atoms with Crippen molar-refractivity contribution in [3.8, 4) is 0 Å². The number of carbonyl (C=O) groups excluding carboxylic acids is 1. The maximum Gasteiger partial charge on any atom is 0.328 e. The first-order valence-electron chi connectivity index (χ1n) is 5.09. The Morgan fingerprint density at radius 3 is 2.95 bits per heavy atom. The number of nitrogens with zero attached hydrogens (tertiary/aromatic N) is 4. The van der Waals surface area contributed by atoms with Crippen molar-refractivity contribution in [2.45, 2.75) is 0 Å². The molecule has 0 saturated carbocycles. The number of aromatic nitrogens is 4. The highest BCUT2D eigenvalue weighted by molar-refractivity contribution is 7.11. The number of nitrogens with one attached hydrogen (secondary N) is 1. The summed E-state index contributed by atoms with van der Waals surface area (Å²) in [6, 6.07) is 1.58. The molecule has 0 fully saturated rings. The van der Waals surface area contributed by atoms with Gasteiger partial charge in [-0.1, -0.05) is 5.10 Å². The minimum Gasteiger partial charge on any atom is -0.478 e. The molecule has 0 aliphatic carbocycles. The number of amides is 1. The van der Waals surface area contributed by atoms with Gasteiger partial charge < -0.3 is 5.11 Å². The lowest BCUT2D eigenvalue weighted by Crippen LogP contribution is -2.12. The fourth-order valence-electron chi connectivity index (χ4n) is 1.22. The third-order valence-electron chi connectivity index (χ3n) is 2.01. The highest BCUT2D eigenvalue weighted by atomic mass is 32.1. The number of thiophene rings is 1. The van der Waals surface area contributed by atoms with Gasteiger partial charge in [0.05, 0.1) is 12.6 Å². The first kappa shape index (κ1) is 12.9. The number of aliphatic carboxylic acids is 1. The van der Waals surface area contributed by atoms with Crippen molar-refractivity contribution in [3.05, 3.63) is 28.0 Å². The normalized spacial score (nSPS) is 10.8. The Balaban J connectivity index is 2.06. The van der Waals surface area contributed by atoms with E-state index in [1.165, 1.54) is 22.2 Å². The van der Waals surface area contributed by atoms with Crippen LogP contribution in [0, 0.1) is 0 Å². The lowest BCUT2D eigenvalue weighted by molar-refractivity contribution is -0.131. The Bertz CT molecular complexity index is 645. The minimum atomic E-state index is -1.04. The number of carboxylic acids is 1. The maximum absolute atomic E-state index is 11.8. The smallest absolute Gasteiger partial charge is 0.328 e. The van der Waals surface area contributed by atoms with Gasteiger partial charge in [-0.25, -0.2) is 4.79 Å². The molecule has 1 amide bonds. The molecule has 0 radical (unpaired) electrons. The molecule has 0 aromatic carbocycles. The van der Waals surface area contributed by atoms with Crippen molar-refractivity contribution >= 4 is 35.2 Å². The van der Waals surface area contributed by atoms with Gasteiger partial charge in [-0.2, -0.15) is 4.80 Å². The average molecular weight is 279 g/mol. The number of aryl methyl sites for hydroxylation is 1. The second kappa shape index (κ2) is 5.40. The van der Waals surface area contributed by atoms with Gasteiger partial charge in [-0.05, 0) is 17.4 Å². The van der Waals surface area contributed by atoms with Gasteiger partial charge in [0.25, 0.3) is 11.9 Å². The van der Waals surface area contributed by atoms with Crippen LogP contribution in [0.1, 0.15) is 15.2 Å². The van der Waals surface area contributed by atoms with E-state index in [2.05, 4.69) is 20.7 Å². The Labute approximate surface area is 111 Å². The van der Waals surface area contributed by atoms with Crippen LogP contribution >= 0.6 is 11.3 Å². The van der Waals surface area contributed by atoms with Crippen LogP contribution in [0.4, 0.5) is 5.95 Å². The van der Waals surface area contributed by atoms with E-state index < -0.39 is 5.97 Å². The van der Waals surface area contributed by atoms with Gasteiger partial charge in [0.2, 0.25) is 0 Å². The maximum atomic E-state index is 11.8. The standard InChI is InChI=1S/C10H9N5O3S/c1-15-13-10(12-14-15)11-9(18)6-4-7(19-5-6)2-3-8(16)17/h2-5H,1H3,(H,16,17)(H,11,13,18)/b3-2+. The molecule has 0 spiro atoms. The summed E-state index contributed by atoms with van der Waals surface area (Å²) in [5.74, 6) is -1.30. The summed E-state index contributed by atoms with van der Waals surface area (Å²) in [5, 5.41) is 23.6. The summed E-state index contributed by atoms with van der Waals surface area (Å²) in [7, 11) is 1.59. The topological polar surface area (TPSA) is 110 Å². The SMILES string of the molecule is Cn1nnc(NC(=O)c2csc(/C=C/C(=O)O)c2)n1. The number of hydrogen-bond acceptors (Lipinski definition) is 6. The molecule has 0 atom stereocenters. The lowest BCUT2D eigenvalue weighted by atomic mass is 10.3. The Hall–Kier alpha value is -2.55. The van der Waals surface area contributed by atoms with E-state index in [0.29, 0.717) is 10.4 Å². The van der Waals surface area contributed by atoms with Crippen LogP contribution in [0.15, 0.2) is 17.5 Å². The van der Waals surface area contributed by atoms with Gasteiger partial charge in [-0.15, -0.1) is 16.4 Å². The van der Waals surface area contributed by atoms with Gasteiger partial charge in [0.1, 0.15) is 0 Å². The number of carbonyl (C=O) groups is 2.